The van der Waals surface area contributed by atoms with E-state index >= 15 is 0 Å². The fourth-order valence-corrected chi connectivity index (χ4v) is 3.85. The van der Waals surface area contributed by atoms with Gasteiger partial charge in [0.2, 0.25) is 0 Å². The van der Waals surface area contributed by atoms with Crippen molar-refractivity contribution in [1.29, 1.82) is 0 Å². The van der Waals surface area contributed by atoms with Gasteiger partial charge >= 0.3 is 0 Å². The number of furan rings is 1. The van der Waals surface area contributed by atoms with Crippen LogP contribution in [0.15, 0.2) is 52.9 Å². The number of carbonyl (C=O) groups excluding carboxylic acids is 1. The maximum absolute atomic E-state index is 13.0. The molecule has 0 aliphatic carbocycles. The Kier molecular flexibility index (Phi) is 5.85. The maximum atomic E-state index is 13.0. The minimum Gasteiger partial charge on any atom is -0.496 e. The monoisotopic (exact) mass is 435 g/mol. The number of carbonyl (C=O) groups is 1. The summed E-state index contributed by atoms with van der Waals surface area (Å²) in [6.45, 7) is 5.97. The molecule has 0 bridgehead atoms. The zero-order valence-electron chi connectivity index (χ0n) is 18.3. The molecular formula is C24H25N3O5. The number of benzene rings is 2. The van der Waals surface area contributed by atoms with Crippen molar-refractivity contribution in [3.8, 4) is 17.1 Å². The van der Waals surface area contributed by atoms with E-state index in [9.17, 15) is 14.9 Å². The first-order chi connectivity index (χ1) is 15.4. The van der Waals surface area contributed by atoms with Gasteiger partial charge in [-0.1, -0.05) is 12.1 Å². The minimum atomic E-state index is -0.410. The van der Waals surface area contributed by atoms with Gasteiger partial charge in [0.25, 0.3) is 11.6 Å². The van der Waals surface area contributed by atoms with Crippen molar-refractivity contribution in [3.05, 3.63) is 75.5 Å². The van der Waals surface area contributed by atoms with Gasteiger partial charge in [-0.15, -0.1) is 0 Å². The van der Waals surface area contributed by atoms with Crippen molar-refractivity contribution in [3.63, 3.8) is 0 Å². The first-order valence-electron chi connectivity index (χ1n) is 10.4. The van der Waals surface area contributed by atoms with Crippen LogP contribution in [-0.4, -0.2) is 49.0 Å². The molecule has 32 heavy (non-hydrogen) atoms. The fourth-order valence-electron chi connectivity index (χ4n) is 3.85. The highest BCUT2D eigenvalue weighted by atomic mass is 16.6. The van der Waals surface area contributed by atoms with Crippen molar-refractivity contribution in [2.75, 3.05) is 38.2 Å². The number of hydrogen-bond donors (Lipinski definition) is 0. The van der Waals surface area contributed by atoms with Crippen LogP contribution in [0.3, 0.4) is 0 Å². The highest BCUT2D eigenvalue weighted by Crippen LogP contribution is 2.33. The lowest BCUT2D eigenvalue weighted by molar-refractivity contribution is -0.384. The largest absolute Gasteiger partial charge is 0.496 e. The normalized spacial score (nSPS) is 13.8. The summed E-state index contributed by atoms with van der Waals surface area (Å²) < 4.78 is 11.0. The third-order valence-corrected chi connectivity index (χ3v) is 5.90. The Morgan fingerprint density at radius 2 is 1.75 bits per heavy atom. The molecular weight excluding hydrogens is 410 g/mol. The maximum Gasteiger partial charge on any atom is 0.296 e. The third kappa shape index (κ3) is 4.16. The number of nitro groups is 1. The number of aryl methyl sites for hydroxylation is 2. The number of piperazine rings is 1. The molecule has 4 rings (SSSR count). The van der Waals surface area contributed by atoms with Crippen LogP contribution in [0.25, 0.3) is 11.3 Å². The number of nitrogens with zero attached hydrogens (tertiary/aromatic N) is 3. The zero-order chi connectivity index (χ0) is 22.8. The van der Waals surface area contributed by atoms with Gasteiger partial charge in [0.1, 0.15) is 17.2 Å². The SMILES string of the molecule is COc1ccc(N2CCN(C(=O)c3ccc(-c4ccc(C)c(C)c4)o3)CC2)c([N+](=O)[O-])c1. The Morgan fingerprint density at radius 3 is 2.41 bits per heavy atom. The molecule has 1 aromatic heterocycles. The molecule has 2 aromatic carbocycles. The van der Waals surface area contributed by atoms with Gasteiger partial charge in [0, 0.05) is 31.7 Å². The lowest BCUT2D eigenvalue weighted by Crippen LogP contribution is -2.48. The quantitative estimate of drug-likeness (QED) is 0.435. The highest BCUT2D eigenvalue weighted by molar-refractivity contribution is 5.92. The summed E-state index contributed by atoms with van der Waals surface area (Å²) in [6, 6.07) is 14.4. The molecule has 8 nitrogen and oxygen atoms in total. The molecule has 0 spiro atoms. The summed E-state index contributed by atoms with van der Waals surface area (Å²) in [4.78, 5) is 27.7. The lowest BCUT2D eigenvalue weighted by atomic mass is 10.1. The van der Waals surface area contributed by atoms with Gasteiger partial charge in [-0.25, -0.2) is 0 Å². The summed E-state index contributed by atoms with van der Waals surface area (Å²) in [7, 11) is 1.48. The molecule has 1 fully saturated rings. The molecule has 1 aliphatic rings. The van der Waals surface area contributed by atoms with Crippen molar-refractivity contribution in [2.45, 2.75) is 13.8 Å². The van der Waals surface area contributed by atoms with E-state index in [1.54, 1.807) is 23.1 Å². The second-order valence-corrected chi connectivity index (χ2v) is 7.85. The van der Waals surface area contributed by atoms with Crippen LogP contribution in [-0.2, 0) is 0 Å². The lowest BCUT2D eigenvalue weighted by Gasteiger charge is -2.35. The highest BCUT2D eigenvalue weighted by Gasteiger charge is 2.28. The second kappa shape index (κ2) is 8.74. The standard InChI is InChI=1S/C24H25N3O5/c1-16-4-5-18(14-17(16)2)22-8-9-23(32-22)24(28)26-12-10-25(11-13-26)20-7-6-19(31-3)15-21(20)27(29)30/h4-9,14-15H,10-13H2,1-3H3. The molecule has 0 saturated carbocycles. The molecule has 1 saturated heterocycles. The molecule has 1 amide bonds. The van der Waals surface area contributed by atoms with E-state index in [1.807, 2.05) is 36.1 Å². The number of ether oxygens (including phenoxy) is 1. The Hall–Kier alpha value is -3.81. The van der Waals surface area contributed by atoms with E-state index in [2.05, 4.69) is 6.92 Å². The summed E-state index contributed by atoms with van der Waals surface area (Å²) >= 11 is 0. The first-order valence-corrected chi connectivity index (χ1v) is 10.4. The van der Waals surface area contributed by atoms with Crippen LogP contribution in [0.1, 0.15) is 21.7 Å². The molecule has 166 valence electrons. The predicted molar refractivity (Wildman–Crippen MR) is 121 cm³/mol. The van der Waals surface area contributed by atoms with Crippen molar-refractivity contribution < 1.29 is 18.9 Å². The molecule has 2 heterocycles. The van der Waals surface area contributed by atoms with E-state index in [4.69, 9.17) is 9.15 Å². The van der Waals surface area contributed by atoms with Gasteiger partial charge in [-0.05, 0) is 55.3 Å². The van der Waals surface area contributed by atoms with E-state index < -0.39 is 4.92 Å². The minimum absolute atomic E-state index is 0.00630. The van der Waals surface area contributed by atoms with Crippen LogP contribution in [0.4, 0.5) is 11.4 Å². The van der Waals surface area contributed by atoms with Gasteiger partial charge in [0.05, 0.1) is 18.1 Å². The summed E-state index contributed by atoms with van der Waals surface area (Å²) in [5.74, 6) is 1.21. The first kappa shape index (κ1) is 21.4. The molecule has 8 heteroatoms. The Bertz CT molecular complexity index is 1160. The van der Waals surface area contributed by atoms with E-state index in [0.717, 1.165) is 11.1 Å². The number of hydrogen-bond acceptors (Lipinski definition) is 6. The third-order valence-electron chi connectivity index (χ3n) is 5.90. The Morgan fingerprint density at radius 1 is 1.00 bits per heavy atom. The number of rotatable bonds is 5. The summed E-state index contributed by atoms with van der Waals surface area (Å²) in [5.41, 5.74) is 3.82. The Labute approximate surface area is 186 Å². The van der Waals surface area contributed by atoms with Crippen molar-refractivity contribution in [1.82, 2.24) is 4.90 Å². The smallest absolute Gasteiger partial charge is 0.296 e. The molecule has 1 aliphatic heterocycles. The van der Waals surface area contributed by atoms with Crippen molar-refractivity contribution in [2.24, 2.45) is 0 Å². The van der Waals surface area contributed by atoms with Crippen LogP contribution >= 0.6 is 0 Å². The number of amides is 1. The van der Waals surface area contributed by atoms with E-state index in [-0.39, 0.29) is 11.6 Å². The van der Waals surface area contributed by atoms with Gasteiger partial charge in [-0.2, -0.15) is 0 Å². The number of methoxy groups -OCH3 is 1. The van der Waals surface area contributed by atoms with Gasteiger partial charge in [-0.3, -0.25) is 14.9 Å². The molecule has 0 radical (unpaired) electrons. The molecule has 0 atom stereocenters. The second-order valence-electron chi connectivity index (χ2n) is 7.85. The molecule has 0 unspecified atom stereocenters. The molecule has 0 N–H and O–H groups in total. The van der Waals surface area contributed by atoms with Crippen LogP contribution in [0.5, 0.6) is 5.75 Å². The average molecular weight is 435 g/mol. The van der Waals surface area contributed by atoms with Crippen LogP contribution in [0, 0.1) is 24.0 Å². The fraction of sp³-hybridized carbons (Fsp3) is 0.292. The van der Waals surface area contributed by atoms with Gasteiger partial charge in [0.15, 0.2) is 5.76 Å². The van der Waals surface area contributed by atoms with E-state index in [0.29, 0.717) is 49.1 Å². The number of nitro benzene ring substituents is 1. The summed E-state index contributed by atoms with van der Waals surface area (Å²) in [5, 5.41) is 11.5. The summed E-state index contributed by atoms with van der Waals surface area (Å²) in [6.07, 6.45) is 0. The molecule has 3 aromatic rings. The zero-order valence-corrected chi connectivity index (χ0v) is 18.3. The van der Waals surface area contributed by atoms with Crippen LogP contribution < -0.4 is 9.64 Å². The predicted octanol–water partition coefficient (Wildman–Crippen LogP) is 4.44. The van der Waals surface area contributed by atoms with Crippen molar-refractivity contribution >= 4 is 17.3 Å². The topological polar surface area (TPSA) is 89.1 Å². The van der Waals surface area contributed by atoms with E-state index in [1.165, 1.54) is 18.7 Å². The van der Waals surface area contributed by atoms with Crippen LogP contribution in [0.2, 0.25) is 0 Å². The average Bonchev–Trinajstić information content (AvgIpc) is 3.30. The number of anilines is 1. The Balaban J connectivity index is 1.45. The van der Waals surface area contributed by atoms with Gasteiger partial charge < -0.3 is 19.0 Å².